The van der Waals surface area contributed by atoms with Crippen molar-refractivity contribution >= 4 is 28.4 Å². The molecule has 1 aromatic rings. The Morgan fingerprint density at radius 2 is 2.44 bits per heavy atom. The highest BCUT2D eigenvalue weighted by Crippen LogP contribution is 2.19. The van der Waals surface area contributed by atoms with Crippen molar-refractivity contribution in [2.75, 3.05) is 11.9 Å². The summed E-state index contributed by atoms with van der Waals surface area (Å²) in [6.07, 6.45) is 9.38. The van der Waals surface area contributed by atoms with Crippen LogP contribution in [0.25, 0.3) is 0 Å². The molecule has 0 bridgehead atoms. The van der Waals surface area contributed by atoms with Crippen molar-refractivity contribution in [2.45, 2.75) is 19.3 Å². The minimum Gasteiger partial charge on any atom is -0.369 e. The van der Waals surface area contributed by atoms with Crippen molar-refractivity contribution < 1.29 is 0 Å². The number of halogens is 1. The summed E-state index contributed by atoms with van der Waals surface area (Å²) in [6.45, 7) is 0.886. The number of nitrogens with one attached hydrogen (secondary N) is 2. The molecule has 86 valence electrons. The lowest BCUT2D eigenvalue weighted by Crippen LogP contribution is -2.20. The lowest BCUT2D eigenvalue weighted by molar-refractivity contribution is 0.503. The van der Waals surface area contributed by atoms with Crippen LogP contribution < -0.4 is 10.9 Å². The minimum atomic E-state index is -0.0818. The lowest BCUT2D eigenvalue weighted by atomic mass is 9.94. The van der Waals surface area contributed by atoms with Crippen molar-refractivity contribution in [3.63, 3.8) is 0 Å². The molecule has 0 spiro atoms. The molecule has 0 aliphatic heterocycles. The molecule has 1 aromatic heterocycles. The lowest BCUT2D eigenvalue weighted by Gasteiger charge is -2.18. The number of anilines is 1. The van der Waals surface area contributed by atoms with Crippen LogP contribution in [0.2, 0.25) is 0 Å². The van der Waals surface area contributed by atoms with Crippen molar-refractivity contribution in [2.24, 2.45) is 5.92 Å². The third-order valence-electron chi connectivity index (χ3n) is 2.73. The fourth-order valence-electron chi connectivity index (χ4n) is 1.79. The van der Waals surface area contributed by atoms with E-state index >= 15 is 0 Å². The van der Waals surface area contributed by atoms with Gasteiger partial charge in [0.15, 0.2) is 0 Å². The number of aromatic amines is 1. The topological polar surface area (TPSA) is 57.8 Å². The predicted octanol–water partition coefficient (Wildman–Crippen LogP) is 2.14. The second-order valence-electron chi connectivity index (χ2n) is 3.93. The van der Waals surface area contributed by atoms with Crippen LogP contribution in [0.15, 0.2) is 23.3 Å². The molecule has 2 rings (SSSR count). The second kappa shape index (κ2) is 5.47. The Morgan fingerprint density at radius 3 is 3.19 bits per heavy atom. The van der Waals surface area contributed by atoms with Crippen molar-refractivity contribution in [1.82, 2.24) is 9.97 Å². The maximum atomic E-state index is 11.3. The van der Waals surface area contributed by atoms with Gasteiger partial charge in [-0.2, -0.15) is 0 Å². The Bertz CT molecular complexity index is 441. The van der Waals surface area contributed by atoms with Crippen molar-refractivity contribution in [1.29, 1.82) is 0 Å². The molecule has 16 heavy (non-hydrogen) atoms. The molecule has 1 aliphatic rings. The zero-order valence-electron chi connectivity index (χ0n) is 8.87. The molecule has 0 amide bonds. The highest BCUT2D eigenvalue weighted by atomic mass is 127. The van der Waals surface area contributed by atoms with E-state index < -0.39 is 0 Å². The van der Waals surface area contributed by atoms with Crippen LogP contribution in [0.3, 0.4) is 0 Å². The average molecular weight is 331 g/mol. The van der Waals surface area contributed by atoms with Gasteiger partial charge in [0.25, 0.3) is 5.56 Å². The molecular weight excluding hydrogens is 317 g/mol. The van der Waals surface area contributed by atoms with E-state index in [1.807, 2.05) is 22.6 Å². The summed E-state index contributed by atoms with van der Waals surface area (Å²) >= 11 is 2.02. The number of hydrogen-bond donors (Lipinski definition) is 2. The van der Waals surface area contributed by atoms with Crippen molar-refractivity contribution in [3.05, 3.63) is 32.4 Å². The normalized spacial score (nSPS) is 19.7. The van der Waals surface area contributed by atoms with Gasteiger partial charge in [-0.1, -0.05) is 12.2 Å². The van der Waals surface area contributed by atoms with E-state index in [0.29, 0.717) is 15.3 Å². The number of rotatable bonds is 3. The van der Waals surface area contributed by atoms with E-state index in [4.69, 9.17) is 0 Å². The number of H-pyrrole nitrogens is 1. The standard InChI is InChI=1S/C11H14IN3O/c12-9-10(14-7-15-11(9)16)13-6-8-4-2-1-3-5-8/h1-2,7-8H,3-6H2,(H2,13,14,15,16). The summed E-state index contributed by atoms with van der Waals surface area (Å²) in [5, 5.41) is 3.25. The third-order valence-corrected chi connectivity index (χ3v) is 3.73. The van der Waals surface area contributed by atoms with Crippen LogP contribution in [-0.2, 0) is 0 Å². The first kappa shape index (κ1) is 11.6. The largest absolute Gasteiger partial charge is 0.369 e. The van der Waals surface area contributed by atoms with E-state index in [-0.39, 0.29) is 5.56 Å². The highest BCUT2D eigenvalue weighted by molar-refractivity contribution is 14.1. The first-order chi connectivity index (χ1) is 7.77. The summed E-state index contributed by atoms with van der Waals surface area (Å²) in [6, 6.07) is 0. The Balaban J connectivity index is 1.96. The van der Waals surface area contributed by atoms with Gasteiger partial charge in [-0.25, -0.2) is 4.98 Å². The molecule has 1 aliphatic carbocycles. The van der Waals surface area contributed by atoms with Gasteiger partial charge in [-0.15, -0.1) is 0 Å². The van der Waals surface area contributed by atoms with Crippen LogP contribution in [0.4, 0.5) is 5.82 Å². The number of allylic oxidation sites excluding steroid dienone is 2. The predicted molar refractivity (Wildman–Crippen MR) is 72.5 cm³/mol. The monoisotopic (exact) mass is 331 g/mol. The van der Waals surface area contributed by atoms with Gasteiger partial charge in [0.2, 0.25) is 0 Å². The molecule has 4 nitrogen and oxygen atoms in total. The Hall–Kier alpha value is -0.850. The average Bonchev–Trinajstić information content (AvgIpc) is 2.32. The fourth-order valence-corrected chi connectivity index (χ4v) is 2.27. The smallest absolute Gasteiger partial charge is 0.266 e. The van der Waals surface area contributed by atoms with Crippen LogP contribution in [0.5, 0.6) is 0 Å². The van der Waals surface area contributed by atoms with E-state index in [2.05, 4.69) is 27.4 Å². The fraction of sp³-hybridized carbons (Fsp3) is 0.455. The molecule has 2 N–H and O–H groups in total. The molecule has 1 atom stereocenters. The van der Waals surface area contributed by atoms with E-state index in [9.17, 15) is 4.79 Å². The van der Waals surface area contributed by atoms with Crippen molar-refractivity contribution in [3.8, 4) is 0 Å². The van der Waals surface area contributed by atoms with Crippen LogP contribution in [0.1, 0.15) is 19.3 Å². The molecule has 1 unspecified atom stereocenters. The van der Waals surface area contributed by atoms with E-state index in [0.717, 1.165) is 19.4 Å². The first-order valence-electron chi connectivity index (χ1n) is 5.39. The summed E-state index contributed by atoms with van der Waals surface area (Å²) in [5.74, 6) is 1.35. The molecular formula is C11H14IN3O. The van der Waals surface area contributed by atoms with Gasteiger partial charge in [0.1, 0.15) is 9.39 Å². The van der Waals surface area contributed by atoms with Gasteiger partial charge in [0, 0.05) is 6.54 Å². The van der Waals surface area contributed by atoms with Gasteiger partial charge in [-0.05, 0) is 47.8 Å². The number of aromatic nitrogens is 2. The summed E-state index contributed by atoms with van der Waals surface area (Å²) in [5.41, 5.74) is -0.0818. The van der Waals surface area contributed by atoms with Crippen LogP contribution >= 0.6 is 22.6 Å². The number of hydrogen-bond acceptors (Lipinski definition) is 3. The molecule has 0 saturated heterocycles. The third kappa shape index (κ3) is 2.84. The highest BCUT2D eigenvalue weighted by Gasteiger charge is 2.11. The van der Waals surface area contributed by atoms with Gasteiger partial charge >= 0.3 is 0 Å². The molecule has 0 fully saturated rings. The maximum Gasteiger partial charge on any atom is 0.266 e. The van der Waals surface area contributed by atoms with Crippen LogP contribution in [0, 0.1) is 9.49 Å². The van der Waals surface area contributed by atoms with Gasteiger partial charge in [-0.3, -0.25) is 4.79 Å². The van der Waals surface area contributed by atoms with Gasteiger partial charge in [0.05, 0.1) is 6.33 Å². The zero-order chi connectivity index (χ0) is 11.4. The van der Waals surface area contributed by atoms with E-state index in [1.54, 1.807) is 0 Å². The maximum absolute atomic E-state index is 11.3. The molecule has 0 radical (unpaired) electrons. The molecule has 0 aromatic carbocycles. The summed E-state index contributed by atoms with van der Waals surface area (Å²) in [4.78, 5) is 18.0. The molecule has 5 heteroatoms. The second-order valence-corrected chi connectivity index (χ2v) is 5.00. The SMILES string of the molecule is O=c1[nH]cnc(NCC2CC=CCC2)c1I. The zero-order valence-corrected chi connectivity index (χ0v) is 11.0. The quantitative estimate of drug-likeness (QED) is 0.659. The summed E-state index contributed by atoms with van der Waals surface area (Å²) < 4.78 is 0.631. The number of nitrogens with zero attached hydrogens (tertiary/aromatic N) is 1. The Kier molecular flexibility index (Phi) is 3.98. The molecule has 1 heterocycles. The van der Waals surface area contributed by atoms with Gasteiger partial charge < -0.3 is 10.3 Å². The van der Waals surface area contributed by atoms with Crippen LogP contribution in [-0.4, -0.2) is 16.5 Å². The molecule has 0 saturated carbocycles. The summed E-state index contributed by atoms with van der Waals surface area (Å²) in [7, 11) is 0. The minimum absolute atomic E-state index is 0.0818. The Labute approximate surface area is 108 Å². The van der Waals surface area contributed by atoms with E-state index in [1.165, 1.54) is 12.7 Å². The Morgan fingerprint density at radius 1 is 1.56 bits per heavy atom. The first-order valence-corrected chi connectivity index (χ1v) is 6.47.